The molecule has 0 aromatic heterocycles. The average Bonchev–Trinajstić information content (AvgIpc) is 2.60. The van der Waals surface area contributed by atoms with Gasteiger partial charge in [0.2, 0.25) is 0 Å². The number of fused-ring (bicyclic) bond motifs is 1. The summed E-state index contributed by atoms with van der Waals surface area (Å²) in [7, 11) is 0. The van der Waals surface area contributed by atoms with Crippen LogP contribution in [0, 0.1) is 5.92 Å². The molecular weight excluding hydrogens is 226 g/mol. The summed E-state index contributed by atoms with van der Waals surface area (Å²) in [6.07, 6.45) is 0. The van der Waals surface area contributed by atoms with E-state index in [1.807, 2.05) is 12.1 Å². The minimum atomic E-state index is 0.426. The Bertz CT molecular complexity index is 452. The Morgan fingerprint density at radius 2 is 2.06 bits per heavy atom. The van der Waals surface area contributed by atoms with Crippen molar-refractivity contribution in [3.63, 3.8) is 0 Å². The van der Waals surface area contributed by atoms with Crippen molar-refractivity contribution in [1.29, 1.82) is 0 Å². The first kappa shape index (κ1) is 11.5. The number of morpholine rings is 1. The maximum atomic E-state index is 5.41. The molecule has 0 aliphatic carbocycles. The van der Waals surface area contributed by atoms with E-state index < -0.39 is 0 Å². The van der Waals surface area contributed by atoms with Gasteiger partial charge in [0.1, 0.15) is 5.84 Å². The molecule has 1 unspecified atom stereocenters. The Kier molecular flexibility index (Phi) is 3.19. The van der Waals surface area contributed by atoms with E-state index in [4.69, 9.17) is 9.73 Å². The van der Waals surface area contributed by atoms with Gasteiger partial charge in [-0.15, -0.1) is 0 Å². The maximum Gasteiger partial charge on any atom is 0.110 e. The number of nitrogens with one attached hydrogen (secondary N) is 1. The van der Waals surface area contributed by atoms with E-state index in [0.29, 0.717) is 5.92 Å². The Hall–Kier alpha value is -1.55. The molecule has 0 bridgehead atoms. The van der Waals surface area contributed by atoms with Gasteiger partial charge in [0.25, 0.3) is 0 Å². The van der Waals surface area contributed by atoms with Crippen LogP contribution in [0.4, 0.5) is 11.4 Å². The first-order chi connectivity index (χ1) is 8.84. The molecule has 1 fully saturated rings. The lowest BCUT2D eigenvalue weighted by molar-refractivity contribution is 0.0663. The summed E-state index contributed by atoms with van der Waals surface area (Å²) >= 11 is 0. The molecule has 4 heteroatoms. The van der Waals surface area contributed by atoms with Crippen LogP contribution in [0.25, 0.3) is 0 Å². The van der Waals surface area contributed by atoms with E-state index in [0.717, 1.165) is 44.2 Å². The second kappa shape index (κ2) is 4.98. The van der Waals surface area contributed by atoms with Gasteiger partial charge in [-0.2, -0.15) is 0 Å². The third kappa shape index (κ3) is 2.20. The van der Waals surface area contributed by atoms with Gasteiger partial charge in [-0.3, -0.25) is 0 Å². The van der Waals surface area contributed by atoms with Crippen molar-refractivity contribution in [3.8, 4) is 0 Å². The van der Waals surface area contributed by atoms with Gasteiger partial charge in [-0.05, 0) is 12.1 Å². The second-order valence-electron chi connectivity index (χ2n) is 4.87. The lowest BCUT2D eigenvalue weighted by Gasteiger charge is -2.32. The maximum absolute atomic E-state index is 5.41. The van der Waals surface area contributed by atoms with Crippen molar-refractivity contribution in [2.45, 2.75) is 6.92 Å². The molecule has 2 heterocycles. The monoisotopic (exact) mass is 245 g/mol. The highest BCUT2D eigenvalue weighted by molar-refractivity contribution is 5.90. The van der Waals surface area contributed by atoms with E-state index in [1.54, 1.807) is 0 Å². The van der Waals surface area contributed by atoms with E-state index in [2.05, 4.69) is 29.3 Å². The van der Waals surface area contributed by atoms with Crippen LogP contribution >= 0.6 is 0 Å². The lowest BCUT2D eigenvalue weighted by Crippen LogP contribution is -2.44. The van der Waals surface area contributed by atoms with Gasteiger partial charge in [-0.25, -0.2) is 4.99 Å². The number of nitrogens with zero attached hydrogens (tertiary/aromatic N) is 2. The summed E-state index contributed by atoms with van der Waals surface area (Å²) < 4.78 is 5.41. The fourth-order valence-corrected chi connectivity index (χ4v) is 2.48. The number of aliphatic imine (C=N–C) groups is 1. The van der Waals surface area contributed by atoms with Crippen molar-refractivity contribution in [2.24, 2.45) is 10.9 Å². The molecule has 1 saturated heterocycles. The van der Waals surface area contributed by atoms with Crippen LogP contribution in [0.2, 0.25) is 0 Å². The standard InChI is InChI=1S/C14H19N3O/c1-11-10-15-12-4-2-3-5-13(12)16-14(11)17-6-8-18-9-7-17/h2-5,11,15H,6-10H2,1H3. The van der Waals surface area contributed by atoms with Gasteiger partial charge in [-0.1, -0.05) is 19.1 Å². The van der Waals surface area contributed by atoms with Crippen LogP contribution in [0.15, 0.2) is 29.3 Å². The van der Waals surface area contributed by atoms with Crippen molar-refractivity contribution in [3.05, 3.63) is 24.3 Å². The zero-order chi connectivity index (χ0) is 12.4. The molecule has 1 atom stereocenters. The van der Waals surface area contributed by atoms with Crippen LogP contribution in [0.3, 0.4) is 0 Å². The number of hydrogen-bond acceptors (Lipinski definition) is 4. The fourth-order valence-electron chi connectivity index (χ4n) is 2.48. The first-order valence-corrected chi connectivity index (χ1v) is 6.59. The number of hydrogen-bond donors (Lipinski definition) is 1. The fraction of sp³-hybridized carbons (Fsp3) is 0.500. The third-order valence-electron chi connectivity index (χ3n) is 3.51. The smallest absolute Gasteiger partial charge is 0.110 e. The topological polar surface area (TPSA) is 36.9 Å². The Morgan fingerprint density at radius 3 is 2.89 bits per heavy atom. The summed E-state index contributed by atoms with van der Waals surface area (Å²) in [5.74, 6) is 1.62. The molecule has 18 heavy (non-hydrogen) atoms. The molecular formula is C14H19N3O. The Balaban J connectivity index is 1.93. The third-order valence-corrected chi connectivity index (χ3v) is 3.51. The van der Waals surface area contributed by atoms with Gasteiger partial charge < -0.3 is 15.0 Å². The molecule has 1 aromatic rings. The van der Waals surface area contributed by atoms with Crippen molar-refractivity contribution in [1.82, 2.24) is 4.90 Å². The normalized spacial score (nSPS) is 23.7. The molecule has 96 valence electrons. The number of anilines is 1. The summed E-state index contributed by atoms with van der Waals surface area (Å²) in [5, 5.41) is 3.47. The van der Waals surface area contributed by atoms with Crippen LogP contribution in [0.1, 0.15) is 6.92 Å². The molecule has 2 aliphatic rings. The van der Waals surface area contributed by atoms with E-state index >= 15 is 0 Å². The number of rotatable bonds is 0. The number of para-hydroxylation sites is 2. The molecule has 0 saturated carbocycles. The highest BCUT2D eigenvalue weighted by Gasteiger charge is 2.23. The zero-order valence-electron chi connectivity index (χ0n) is 10.7. The minimum absolute atomic E-state index is 0.426. The number of benzene rings is 1. The van der Waals surface area contributed by atoms with E-state index in [9.17, 15) is 0 Å². The van der Waals surface area contributed by atoms with Crippen molar-refractivity contribution >= 4 is 17.2 Å². The molecule has 1 aromatic carbocycles. The Labute approximate surface area is 108 Å². The van der Waals surface area contributed by atoms with Gasteiger partial charge in [0.15, 0.2) is 0 Å². The highest BCUT2D eigenvalue weighted by Crippen LogP contribution is 2.28. The Morgan fingerprint density at radius 1 is 1.28 bits per heavy atom. The van der Waals surface area contributed by atoms with Crippen LogP contribution in [-0.4, -0.2) is 43.6 Å². The predicted octanol–water partition coefficient (Wildman–Crippen LogP) is 2.11. The summed E-state index contributed by atoms with van der Waals surface area (Å²) in [5.41, 5.74) is 2.18. The van der Waals surface area contributed by atoms with Crippen LogP contribution < -0.4 is 5.32 Å². The summed E-state index contributed by atoms with van der Waals surface area (Å²) in [6, 6.07) is 8.25. The SMILES string of the molecule is CC1CNc2ccccc2N=C1N1CCOCC1. The molecule has 3 rings (SSSR count). The van der Waals surface area contributed by atoms with Crippen molar-refractivity contribution in [2.75, 3.05) is 38.2 Å². The molecule has 0 amide bonds. The molecule has 2 aliphatic heterocycles. The van der Waals surface area contributed by atoms with Crippen molar-refractivity contribution < 1.29 is 4.74 Å². The summed E-state index contributed by atoms with van der Waals surface area (Å²) in [6.45, 7) is 6.68. The van der Waals surface area contributed by atoms with Gasteiger partial charge >= 0.3 is 0 Å². The summed E-state index contributed by atoms with van der Waals surface area (Å²) in [4.78, 5) is 7.23. The van der Waals surface area contributed by atoms with Crippen LogP contribution in [0.5, 0.6) is 0 Å². The molecule has 0 radical (unpaired) electrons. The van der Waals surface area contributed by atoms with Gasteiger partial charge in [0, 0.05) is 25.6 Å². The van der Waals surface area contributed by atoms with E-state index in [-0.39, 0.29) is 0 Å². The minimum Gasteiger partial charge on any atom is -0.383 e. The average molecular weight is 245 g/mol. The predicted molar refractivity (Wildman–Crippen MR) is 73.6 cm³/mol. The van der Waals surface area contributed by atoms with Crippen LogP contribution in [-0.2, 0) is 4.74 Å². The highest BCUT2D eigenvalue weighted by atomic mass is 16.5. The number of amidine groups is 1. The van der Waals surface area contributed by atoms with Gasteiger partial charge in [0.05, 0.1) is 24.6 Å². The van der Waals surface area contributed by atoms with E-state index in [1.165, 1.54) is 5.84 Å². The largest absolute Gasteiger partial charge is 0.383 e. The lowest BCUT2D eigenvalue weighted by atomic mass is 10.1. The number of ether oxygens (including phenoxy) is 1. The molecule has 4 nitrogen and oxygen atoms in total. The zero-order valence-corrected chi connectivity index (χ0v) is 10.7. The molecule has 0 spiro atoms. The first-order valence-electron chi connectivity index (χ1n) is 6.59. The quantitative estimate of drug-likeness (QED) is 0.760. The second-order valence-corrected chi connectivity index (χ2v) is 4.87. The molecule has 1 N–H and O–H groups in total.